The Hall–Kier alpha value is -2.14. The molecule has 0 unspecified atom stereocenters. The second-order valence-corrected chi connectivity index (χ2v) is 4.67. The van der Waals surface area contributed by atoms with Gasteiger partial charge in [-0.25, -0.2) is 4.98 Å². The van der Waals surface area contributed by atoms with Crippen LogP contribution in [0.25, 0.3) is 10.9 Å². The molecule has 1 aliphatic rings. The highest BCUT2D eigenvalue weighted by Crippen LogP contribution is 2.19. The predicted octanol–water partition coefficient (Wildman–Crippen LogP) is 1.72. The summed E-state index contributed by atoms with van der Waals surface area (Å²) in [5, 5.41) is 0.990. The molecule has 104 valence electrons. The molecule has 1 aromatic carbocycles. The Kier molecular flexibility index (Phi) is 3.52. The van der Waals surface area contributed by atoms with Crippen LogP contribution in [0.15, 0.2) is 30.3 Å². The lowest BCUT2D eigenvalue weighted by Crippen LogP contribution is -2.40. The molecule has 2 aromatic rings. The average Bonchev–Trinajstić information content (AvgIpc) is 2.54. The normalized spacial score (nSPS) is 15.3. The average molecular weight is 272 g/mol. The van der Waals surface area contributed by atoms with Gasteiger partial charge in [0.15, 0.2) is 0 Å². The van der Waals surface area contributed by atoms with E-state index in [0.717, 1.165) is 10.9 Å². The van der Waals surface area contributed by atoms with E-state index >= 15 is 0 Å². The third-order valence-corrected chi connectivity index (χ3v) is 3.42. The lowest BCUT2D eigenvalue weighted by atomic mass is 10.1. The summed E-state index contributed by atoms with van der Waals surface area (Å²) in [6, 6.07) is 9.31. The van der Waals surface area contributed by atoms with Crippen molar-refractivity contribution in [1.82, 2.24) is 9.88 Å². The number of amides is 1. The highest BCUT2D eigenvalue weighted by molar-refractivity contribution is 5.97. The molecule has 3 rings (SSSR count). The molecular weight excluding hydrogens is 256 g/mol. The number of rotatable bonds is 2. The summed E-state index contributed by atoms with van der Waals surface area (Å²) in [5.41, 5.74) is 1.42. The summed E-state index contributed by atoms with van der Waals surface area (Å²) in [6.45, 7) is 2.49. The van der Waals surface area contributed by atoms with Gasteiger partial charge < -0.3 is 14.4 Å². The largest absolute Gasteiger partial charge is 0.481 e. The molecule has 20 heavy (non-hydrogen) atoms. The van der Waals surface area contributed by atoms with E-state index < -0.39 is 0 Å². The minimum absolute atomic E-state index is 0.0276. The molecule has 1 saturated heterocycles. The zero-order valence-electron chi connectivity index (χ0n) is 11.3. The van der Waals surface area contributed by atoms with E-state index in [9.17, 15) is 4.79 Å². The zero-order valence-corrected chi connectivity index (χ0v) is 11.3. The number of nitrogens with zero attached hydrogens (tertiary/aromatic N) is 2. The fraction of sp³-hybridized carbons (Fsp3) is 0.333. The van der Waals surface area contributed by atoms with Crippen LogP contribution in [0, 0.1) is 0 Å². The molecule has 0 aliphatic carbocycles. The van der Waals surface area contributed by atoms with Gasteiger partial charge in [-0.05, 0) is 18.2 Å². The van der Waals surface area contributed by atoms with Gasteiger partial charge in [-0.1, -0.05) is 6.07 Å². The first kappa shape index (κ1) is 12.9. The summed E-state index contributed by atoms with van der Waals surface area (Å²) < 4.78 is 10.4. The van der Waals surface area contributed by atoms with Crippen molar-refractivity contribution < 1.29 is 14.3 Å². The minimum atomic E-state index is 0.0276. The SMILES string of the molecule is COc1ccc2ccc(C(=O)N3CCOCC3)cc2n1. The monoisotopic (exact) mass is 272 g/mol. The molecule has 0 saturated carbocycles. The maximum Gasteiger partial charge on any atom is 0.254 e. The van der Waals surface area contributed by atoms with E-state index in [-0.39, 0.29) is 5.91 Å². The standard InChI is InChI=1S/C15H16N2O3/c1-19-14-5-4-11-2-3-12(10-13(11)16-14)15(18)17-6-8-20-9-7-17/h2-5,10H,6-9H2,1H3. The van der Waals surface area contributed by atoms with Crippen LogP contribution in [0.2, 0.25) is 0 Å². The fourth-order valence-corrected chi connectivity index (χ4v) is 2.29. The van der Waals surface area contributed by atoms with Gasteiger partial charge in [-0.15, -0.1) is 0 Å². The van der Waals surface area contributed by atoms with Crippen LogP contribution in [-0.2, 0) is 4.74 Å². The Morgan fingerprint density at radius 1 is 1.25 bits per heavy atom. The Bertz CT molecular complexity index is 636. The van der Waals surface area contributed by atoms with Gasteiger partial charge in [0, 0.05) is 30.1 Å². The maximum absolute atomic E-state index is 12.4. The zero-order chi connectivity index (χ0) is 13.9. The fourth-order valence-electron chi connectivity index (χ4n) is 2.29. The number of hydrogen-bond donors (Lipinski definition) is 0. The van der Waals surface area contributed by atoms with Crippen molar-refractivity contribution >= 4 is 16.8 Å². The first-order valence-electron chi connectivity index (χ1n) is 6.60. The number of carbonyl (C=O) groups is 1. The van der Waals surface area contributed by atoms with E-state index in [4.69, 9.17) is 9.47 Å². The van der Waals surface area contributed by atoms with Gasteiger partial charge in [0.05, 0.1) is 25.8 Å². The van der Waals surface area contributed by atoms with Crippen LogP contribution < -0.4 is 4.74 Å². The van der Waals surface area contributed by atoms with Crippen molar-refractivity contribution in [3.05, 3.63) is 35.9 Å². The summed E-state index contributed by atoms with van der Waals surface area (Å²) in [5.74, 6) is 0.577. The quantitative estimate of drug-likeness (QED) is 0.835. The van der Waals surface area contributed by atoms with Gasteiger partial charge >= 0.3 is 0 Å². The van der Waals surface area contributed by atoms with Gasteiger partial charge in [0.25, 0.3) is 5.91 Å². The molecule has 5 heteroatoms. The number of carbonyl (C=O) groups excluding carboxylic acids is 1. The highest BCUT2D eigenvalue weighted by Gasteiger charge is 2.18. The molecule has 2 heterocycles. The van der Waals surface area contributed by atoms with Crippen LogP contribution in [-0.4, -0.2) is 49.2 Å². The van der Waals surface area contributed by atoms with E-state index in [0.29, 0.717) is 37.7 Å². The van der Waals surface area contributed by atoms with E-state index in [2.05, 4.69) is 4.98 Å². The van der Waals surface area contributed by atoms with Crippen LogP contribution in [0.1, 0.15) is 10.4 Å². The van der Waals surface area contributed by atoms with Crippen LogP contribution in [0.3, 0.4) is 0 Å². The number of benzene rings is 1. The third-order valence-electron chi connectivity index (χ3n) is 3.42. The van der Waals surface area contributed by atoms with E-state index in [1.54, 1.807) is 7.11 Å². The summed E-state index contributed by atoms with van der Waals surface area (Å²) in [4.78, 5) is 18.6. The van der Waals surface area contributed by atoms with E-state index in [1.165, 1.54) is 0 Å². The molecule has 1 aliphatic heterocycles. The van der Waals surface area contributed by atoms with Crippen molar-refractivity contribution in [3.63, 3.8) is 0 Å². The predicted molar refractivity (Wildman–Crippen MR) is 75.0 cm³/mol. The van der Waals surface area contributed by atoms with Gasteiger partial charge in [0.2, 0.25) is 5.88 Å². The van der Waals surface area contributed by atoms with Crippen molar-refractivity contribution in [3.8, 4) is 5.88 Å². The number of aromatic nitrogens is 1. The van der Waals surface area contributed by atoms with Crippen molar-refractivity contribution in [1.29, 1.82) is 0 Å². The molecule has 5 nitrogen and oxygen atoms in total. The number of fused-ring (bicyclic) bond motifs is 1. The molecule has 0 spiro atoms. The first-order chi connectivity index (χ1) is 9.78. The number of pyridine rings is 1. The highest BCUT2D eigenvalue weighted by atomic mass is 16.5. The maximum atomic E-state index is 12.4. The molecule has 0 atom stereocenters. The summed E-state index contributed by atoms with van der Waals surface area (Å²) in [7, 11) is 1.58. The van der Waals surface area contributed by atoms with Crippen molar-refractivity contribution in [2.45, 2.75) is 0 Å². The number of ether oxygens (including phenoxy) is 2. The van der Waals surface area contributed by atoms with Crippen LogP contribution in [0.5, 0.6) is 5.88 Å². The lowest BCUT2D eigenvalue weighted by molar-refractivity contribution is 0.0303. The molecular formula is C15H16N2O3. The van der Waals surface area contributed by atoms with Crippen LogP contribution in [0.4, 0.5) is 0 Å². The second-order valence-electron chi connectivity index (χ2n) is 4.67. The third kappa shape index (κ3) is 2.44. The smallest absolute Gasteiger partial charge is 0.254 e. The number of methoxy groups -OCH3 is 1. The van der Waals surface area contributed by atoms with Gasteiger partial charge in [-0.2, -0.15) is 0 Å². The Morgan fingerprint density at radius 2 is 2.00 bits per heavy atom. The summed E-state index contributed by atoms with van der Waals surface area (Å²) in [6.07, 6.45) is 0. The minimum Gasteiger partial charge on any atom is -0.481 e. The molecule has 1 fully saturated rings. The van der Waals surface area contributed by atoms with Crippen molar-refractivity contribution in [2.24, 2.45) is 0 Å². The Morgan fingerprint density at radius 3 is 2.75 bits per heavy atom. The Labute approximate surface area is 117 Å². The van der Waals surface area contributed by atoms with Crippen molar-refractivity contribution in [2.75, 3.05) is 33.4 Å². The molecule has 1 aromatic heterocycles. The van der Waals surface area contributed by atoms with Gasteiger partial charge in [0.1, 0.15) is 0 Å². The van der Waals surface area contributed by atoms with Gasteiger partial charge in [-0.3, -0.25) is 4.79 Å². The molecule has 0 radical (unpaired) electrons. The number of morpholine rings is 1. The number of hydrogen-bond acceptors (Lipinski definition) is 4. The summed E-state index contributed by atoms with van der Waals surface area (Å²) >= 11 is 0. The molecule has 1 amide bonds. The lowest BCUT2D eigenvalue weighted by Gasteiger charge is -2.26. The molecule has 0 bridgehead atoms. The second kappa shape index (κ2) is 5.46. The first-order valence-corrected chi connectivity index (χ1v) is 6.60. The van der Waals surface area contributed by atoms with Crippen LogP contribution >= 0.6 is 0 Å². The molecule has 0 N–H and O–H groups in total. The topological polar surface area (TPSA) is 51.7 Å². The Balaban J connectivity index is 1.92. The van der Waals surface area contributed by atoms with E-state index in [1.807, 2.05) is 35.2 Å².